The number of carbonyl (C=O) groups excluding carboxylic acids is 4. The van der Waals surface area contributed by atoms with Gasteiger partial charge in [0.15, 0.2) is 12.2 Å². The summed E-state index contributed by atoms with van der Waals surface area (Å²) < 4.78 is 68.1. The number of hydrogen-bond acceptors (Lipinski definition) is 15. The van der Waals surface area contributed by atoms with Crippen molar-refractivity contribution >= 4 is 39.5 Å². The maximum Gasteiger partial charge on any atom is 0.472 e. The molecule has 19 heteroatoms. The minimum atomic E-state index is -4.95. The van der Waals surface area contributed by atoms with Gasteiger partial charge in [-0.05, 0) is 69.1 Å². The lowest BCUT2D eigenvalue weighted by Crippen LogP contribution is -2.30. The lowest BCUT2D eigenvalue weighted by Gasteiger charge is -2.21. The highest BCUT2D eigenvalue weighted by Crippen LogP contribution is 2.45. The molecule has 0 aliphatic heterocycles. The molecule has 0 aliphatic carbocycles. The first-order valence-electron chi connectivity index (χ1n) is 34.7. The molecule has 0 aliphatic rings. The van der Waals surface area contributed by atoms with Gasteiger partial charge in [0.25, 0.3) is 0 Å². The van der Waals surface area contributed by atoms with E-state index in [1.165, 1.54) is 96.3 Å². The molecule has 17 nitrogen and oxygen atoms in total. The van der Waals surface area contributed by atoms with E-state index in [-0.39, 0.29) is 25.7 Å². The molecule has 0 bridgehead atoms. The van der Waals surface area contributed by atoms with Gasteiger partial charge in [-0.1, -0.05) is 259 Å². The highest BCUT2D eigenvalue weighted by molar-refractivity contribution is 7.47. The maximum absolute atomic E-state index is 13.0. The first-order chi connectivity index (χ1) is 41.7. The van der Waals surface area contributed by atoms with Crippen LogP contribution in [0.25, 0.3) is 0 Å². The zero-order valence-electron chi connectivity index (χ0n) is 56.0. The van der Waals surface area contributed by atoms with Crippen molar-refractivity contribution in [2.24, 2.45) is 17.8 Å². The van der Waals surface area contributed by atoms with Crippen molar-refractivity contribution in [3.05, 3.63) is 24.3 Å². The minimum Gasteiger partial charge on any atom is -0.462 e. The Hall–Kier alpha value is -2.46. The van der Waals surface area contributed by atoms with Gasteiger partial charge in [-0.25, -0.2) is 9.13 Å². The summed E-state index contributed by atoms with van der Waals surface area (Å²) in [5.74, 6) is -0.0461. The number of esters is 4. The predicted octanol–water partition coefficient (Wildman–Crippen LogP) is 18.6. The number of hydrogen-bond donors (Lipinski definition) is 3. The molecular weight excluding hydrogens is 1150 g/mol. The molecule has 0 aromatic heterocycles. The lowest BCUT2D eigenvalue weighted by molar-refractivity contribution is -0.161. The second kappa shape index (κ2) is 58.6. The molecule has 0 saturated heterocycles. The van der Waals surface area contributed by atoms with Crippen molar-refractivity contribution in [2.45, 2.75) is 330 Å². The molecule has 0 rings (SSSR count). The Morgan fingerprint density at radius 1 is 0.356 bits per heavy atom. The molecule has 0 aromatic rings. The number of aliphatic hydroxyl groups excluding tert-OH is 1. The summed E-state index contributed by atoms with van der Waals surface area (Å²) in [5.41, 5.74) is 0. The van der Waals surface area contributed by atoms with Crippen molar-refractivity contribution < 1.29 is 80.2 Å². The molecule has 0 spiro atoms. The van der Waals surface area contributed by atoms with Gasteiger partial charge in [0.05, 0.1) is 26.4 Å². The molecule has 3 N–H and O–H groups in total. The Kier molecular flexibility index (Phi) is 57.0. The van der Waals surface area contributed by atoms with Crippen molar-refractivity contribution in [3.8, 4) is 0 Å². The highest BCUT2D eigenvalue weighted by atomic mass is 31.2. The first kappa shape index (κ1) is 84.5. The Balaban J connectivity index is 5.25. The molecule has 3 unspecified atom stereocenters. The average Bonchev–Trinajstić information content (AvgIpc) is 3.56. The summed E-state index contributed by atoms with van der Waals surface area (Å²) in [5, 5.41) is 10.6. The summed E-state index contributed by atoms with van der Waals surface area (Å²) in [6.45, 7) is 11.6. The Bertz CT molecular complexity index is 1810. The molecule has 0 radical (unpaired) electrons. The number of phosphoric acid groups is 2. The van der Waals surface area contributed by atoms with Gasteiger partial charge in [-0.15, -0.1) is 0 Å². The highest BCUT2D eigenvalue weighted by Gasteiger charge is 2.30. The average molecular weight is 1280 g/mol. The molecule has 0 amide bonds. The number of allylic oxidation sites excluding steroid dienone is 4. The van der Waals surface area contributed by atoms with Gasteiger partial charge in [-0.2, -0.15) is 0 Å². The van der Waals surface area contributed by atoms with Crippen LogP contribution in [0.5, 0.6) is 0 Å². The molecule has 0 saturated carbocycles. The normalized spacial score (nSPS) is 14.4. The number of aliphatic hydroxyl groups is 1. The summed E-state index contributed by atoms with van der Waals surface area (Å²) in [6.07, 6.45) is 44.2. The van der Waals surface area contributed by atoms with Crippen molar-refractivity contribution in [2.75, 3.05) is 39.6 Å². The van der Waals surface area contributed by atoms with Crippen LogP contribution in [0, 0.1) is 17.8 Å². The molecule has 0 heterocycles. The maximum atomic E-state index is 13.0. The second-order valence-corrected chi connectivity index (χ2v) is 28.2. The van der Waals surface area contributed by atoms with E-state index in [2.05, 4.69) is 72.8 Å². The topological polar surface area (TPSA) is 237 Å². The summed E-state index contributed by atoms with van der Waals surface area (Å²) in [4.78, 5) is 72.3. The molecule has 5 atom stereocenters. The third-order valence-electron chi connectivity index (χ3n) is 15.0. The van der Waals surface area contributed by atoms with Crippen molar-refractivity contribution in [3.63, 3.8) is 0 Å². The molecule has 512 valence electrons. The summed E-state index contributed by atoms with van der Waals surface area (Å²) in [7, 11) is -9.91. The first-order valence-corrected chi connectivity index (χ1v) is 37.7. The van der Waals surface area contributed by atoms with E-state index < -0.39 is 97.5 Å². The van der Waals surface area contributed by atoms with E-state index in [0.29, 0.717) is 37.5 Å². The van der Waals surface area contributed by atoms with Crippen molar-refractivity contribution in [1.29, 1.82) is 0 Å². The van der Waals surface area contributed by atoms with Crippen LogP contribution >= 0.6 is 15.6 Å². The number of unbranched alkanes of at least 4 members (excludes halogenated alkanes) is 29. The van der Waals surface area contributed by atoms with E-state index in [4.69, 9.17) is 37.0 Å². The summed E-state index contributed by atoms with van der Waals surface area (Å²) in [6, 6.07) is 0. The monoisotopic (exact) mass is 1280 g/mol. The van der Waals surface area contributed by atoms with Gasteiger partial charge >= 0.3 is 39.5 Å². The van der Waals surface area contributed by atoms with Crippen LogP contribution < -0.4 is 0 Å². The molecule has 0 fully saturated rings. The predicted molar refractivity (Wildman–Crippen MR) is 349 cm³/mol. The zero-order chi connectivity index (χ0) is 64.5. The van der Waals surface area contributed by atoms with Crippen LogP contribution in [-0.2, 0) is 65.4 Å². The third-order valence-corrected chi connectivity index (χ3v) is 16.9. The molecular formula is C68H128O17P2. The standard InChI is InChI=1S/C68H128O17P2/c1-8-9-10-11-12-13-14-15-16-17-18-22-27-35-42-49-65(70)78-56-64(85-68(73)52-45-38-31-30-34-41-48-61(6)7)58-83-87(76,77)81-54-62(69)53-80-86(74,75)82-57-63(55-79-66(71)50-43-36-29-24-26-33-40-47-60(4)5)84-67(72)51-44-37-28-23-20-19-21-25-32-39-46-59(2)3/h13-16,59-64,69H,8-12,17-58H2,1-7H3,(H,74,75)(H,76,77)/b14-13-,16-15-/t62?,63-,64-/m1/s1. The van der Waals surface area contributed by atoms with E-state index in [0.717, 1.165) is 121 Å². The van der Waals surface area contributed by atoms with E-state index >= 15 is 0 Å². The van der Waals surface area contributed by atoms with Crippen LogP contribution in [0.2, 0.25) is 0 Å². The number of ether oxygens (including phenoxy) is 4. The van der Waals surface area contributed by atoms with E-state index in [1.807, 2.05) is 0 Å². The fraction of sp³-hybridized carbons (Fsp3) is 0.882. The summed E-state index contributed by atoms with van der Waals surface area (Å²) >= 11 is 0. The van der Waals surface area contributed by atoms with Gasteiger partial charge in [0.1, 0.15) is 19.3 Å². The lowest BCUT2D eigenvalue weighted by atomic mass is 10.0. The Labute approximate surface area is 529 Å². The number of carbonyl (C=O) groups is 4. The largest absolute Gasteiger partial charge is 0.472 e. The van der Waals surface area contributed by atoms with E-state index in [1.54, 1.807) is 0 Å². The fourth-order valence-corrected chi connectivity index (χ4v) is 11.2. The van der Waals surface area contributed by atoms with Crippen LogP contribution in [-0.4, -0.2) is 96.7 Å². The quantitative estimate of drug-likeness (QED) is 0.0169. The zero-order valence-corrected chi connectivity index (χ0v) is 57.7. The third kappa shape index (κ3) is 62.1. The smallest absolute Gasteiger partial charge is 0.462 e. The van der Waals surface area contributed by atoms with Gasteiger partial charge < -0.3 is 33.8 Å². The van der Waals surface area contributed by atoms with Gasteiger partial charge in [0, 0.05) is 25.7 Å². The fourth-order valence-electron chi connectivity index (χ4n) is 9.65. The van der Waals surface area contributed by atoms with Crippen LogP contribution in [0.15, 0.2) is 24.3 Å². The van der Waals surface area contributed by atoms with E-state index in [9.17, 15) is 43.2 Å². The molecule has 0 aromatic carbocycles. The van der Waals surface area contributed by atoms with Crippen LogP contribution in [0.1, 0.15) is 312 Å². The van der Waals surface area contributed by atoms with Crippen LogP contribution in [0.3, 0.4) is 0 Å². The van der Waals surface area contributed by atoms with Crippen LogP contribution in [0.4, 0.5) is 0 Å². The van der Waals surface area contributed by atoms with Gasteiger partial charge in [-0.3, -0.25) is 37.3 Å². The number of phosphoric ester groups is 2. The number of rotatable bonds is 64. The minimum absolute atomic E-state index is 0.0947. The Morgan fingerprint density at radius 3 is 0.931 bits per heavy atom. The van der Waals surface area contributed by atoms with Crippen molar-refractivity contribution in [1.82, 2.24) is 0 Å². The van der Waals surface area contributed by atoms with Gasteiger partial charge in [0.2, 0.25) is 0 Å². The molecule has 87 heavy (non-hydrogen) atoms. The second-order valence-electron chi connectivity index (χ2n) is 25.3. The Morgan fingerprint density at radius 2 is 0.621 bits per heavy atom. The SMILES string of the molecule is CCCCCC/C=C\C=C/CCCCCCCC(=O)OC[C@H](COP(=O)(O)OCC(O)COP(=O)(O)OC[C@@H](COC(=O)CCCCCCCCCC(C)C)OC(=O)CCCCCCCCCCCCC(C)C)OC(=O)CCCCCCCCC(C)C.